The molecular weight excluding hydrogens is 376 g/mol. The first-order valence-corrected chi connectivity index (χ1v) is 11.1. The highest BCUT2D eigenvalue weighted by Crippen LogP contribution is 2.19. The smallest absolute Gasteiger partial charge is 0.252 e. The molecule has 0 heterocycles. The molecule has 2 aromatic rings. The van der Waals surface area contributed by atoms with Gasteiger partial charge in [-0.3, -0.25) is 4.79 Å². The van der Waals surface area contributed by atoms with Crippen molar-refractivity contribution >= 4 is 25.8 Å². The number of amides is 1. The van der Waals surface area contributed by atoms with E-state index in [-0.39, 0.29) is 15.4 Å². The second-order valence-corrected chi connectivity index (χ2v) is 9.64. The van der Waals surface area contributed by atoms with Gasteiger partial charge in [0.1, 0.15) is 0 Å². The molecule has 0 aliphatic rings. The van der Waals surface area contributed by atoms with Crippen LogP contribution >= 0.6 is 0 Å². The van der Waals surface area contributed by atoms with Crippen LogP contribution in [-0.4, -0.2) is 29.0 Å². The number of primary sulfonamides is 1. The Morgan fingerprint density at radius 1 is 1.00 bits per heavy atom. The van der Waals surface area contributed by atoms with Gasteiger partial charge in [-0.05, 0) is 49.2 Å². The van der Waals surface area contributed by atoms with Crippen LogP contribution in [0.2, 0.25) is 0 Å². The predicted molar refractivity (Wildman–Crippen MR) is 98.0 cm³/mol. The van der Waals surface area contributed by atoms with E-state index >= 15 is 0 Å². The van der Waals surface area contributed by atoms with Crippen LogP contribution in [0.25, 0.3) is 0 Å². The lowest BCUT2D eigenvalue weighted by molar-refractivity contribution is 0.0939. The largest absolute Gasteiger partial charge is 0.346 e. The van der Waals surface area contributed by atoms with Crippen LogP contribution in [-0.2, 0) is 19.9 Å². The Morgan fingerprint density at radius 3 is 2.04 bits per heavy atom. The lowest BCUT2D eigenvalue weighted by atomic mass is 10.1. The van der Waals surface area contributed by atoms with Crippen molar-refractivity contribution in [2.45, 2.75) is 29.7 Å². The van der Waals surface area contributed by atoms with Gasteiger partial charge in [0.2, 0.25) is 10.0 Å². The Bertz CT molecular complexity index is 1040. The van der Waals surface area contributed by atoms with Gasteiger partial charge >= 0.3 is 0 Å². The minimum atomic E-state index is -3.91. The maximum Gasteiger partial charge on any atom is 0.252 e. The van der Waals surface area contributed by atoms with Crippen LogP contribution in [0.4, 0.5) is 0 Å². The van der Waals surface area contributed by atoms with Crippen LogP contribution < -0.4 is 10.5 Å². The number of sulfone groups is 1. The molecule has 140 valence electrons. The minimum Gasteiger partial charge on any atom is -0.346 e. The molecule has 26 heavy (non-hydrogen) atoms. The van der Waals surface area contributed by atoms with Crippen LogP contribution in [0.15, 0.2) is 52.3 Å². The van der Waals surface area contributed by atoms with Crippen molar-refractivity contribution < 1.29 is 21.6 Å². The van der Waals surface area contributed by atoms with Crippen LogP contribution in [0.5, 0.6) is 0 Å². The van der Waals surface area contributed by atoms with Crippen molar-refractivity contribution in [3.8, 4) is 0 Å². The van der Waals surface area contributed by atoms with E-state index in [2.05, 4.69) is 5.32 Å². The zero-order valence-electron chi connectivity index (χ0n) is 14.6. The Labute approximate surface area is 153 Å². The van der Waals surface area contributed by atoms with E-state index in [1.165, 1.54) is 30.3 Å². The molecule has 0 saturated carbocycles. The van der Waals surface area contributed by atoms with Gasteiger partial charge in [0.05, 0.1) is 15.8 Å². The zero-order valence-corrected chi connectivity index (χ0v) is 16.2. The van der Waals surface area contributed by atoms with Crippen molar-refractivity contribution in [3.05, 3.63) is 59.2 Å². The quantitative estimate of drug-likeness (QED) is 0.793. The molecule has 0 aromatic heterocycles. The van der Waals surface area contributed by atoms with Crippen molar-refractivity contribution in [2.24, 2.45) is 5.14 Å². The van der Waals surface area contributed by atoms with Crippen LogP contribution in [0.1, 0.15) is 34.5 Å². The third kappa shape index (κ3) is 4.69. The average molecular weight is 396 g/mol. The van der Waals surface area contributed by atoms with Crippen LogP contribution in [0, 0.1) is 6.92 Å². The van der Waals surface area contributed by atoms with E-state index in [0.717, 1.165) is 6.26 Å². The lowest BCUT2D eigenvalue weighted by Crippen LogP contribution is -2.27. The lowest BCUT2D eigenvalue weighted by Gasteiger charge is -2.16. The topological polar surface area (TPSA) is 123 Å². The molecular formula is C17H20N2O5S2. The summed E-state index contributed by atoms with van der Waals surface area (Å²) in [6, 6.07) is 9.87. The zero-order chi connectivity index (χ0) is 19.7. The third-order valence-corrected chi connectivity index (χ3v) is 5.98. The molecule has 0 fully saturated rings. The maximum atomic E-state index is 12.5. The van der Waals surface area contributed by atoms with Crippen LogP contribution in [0.3, 0.4) is 0 Å². The van der Waals surface area contributed by atoms with E-state index in [4.69, 9.17) is 5.14 Å². The highest BCUT2D eigenvalue weighted by molar-refractivity contribution is 7.90. The van der Waals surface area contributed by atoms with E-state index in [1.807, 2.05) is 0 Å². The fraction of sp³-hybridized carbons (Fsp3) is 0.235. The fourth-order valence-corrected chi connectivity index (χ4v) is 3.55. The Morgan fingerprint density at radius 2 is 1.54 bits per heavy atom. The summed E-state index contributed by atoms with van der Waals surface area (Å²) >= 11 is 0. The van der Waals surface area contributed by atoms with E-state index < -0.39 is 31.8 Å². The molecule has 0 saturated heterocycles. The van der Waals surface area contributed by atoms with Crippen molar-refractivity contribution in [3.63, 3.8) is 0 Å². The number of rotatable bonds is 5. The monoisotopic (exact) mass is 396 g/mol. The molecule has 7 nitrogen and oxygen atoms in total. The molecule has 0 aliphatic heterocycles. The summed E-state index contributed by atoms with van der Waals surface area (Å²) < 4.78 is 45.9. The number of hydrogen-bond acceptors (Lipinski definition) is 5. The van der Waals surface area contributed by atoms with E-state index in [9.17, 15) is 21.6 Å². The summed E-state index contributed by atoms with van der Waals surface area (Å²) in [5, 5.41) is 7.87. The van der Waals surface area contributed by atoms with Gasteiger partial charge in [-0.15, -0.1) is 0 Å². The molecule has 1 amide bonds. The number of sulfonamides is 1. The number of nitrogens with two attached hydrogens (primary N) is 1. The Balaban J connectivity index is 2.24. The summed E-state index contributed by atoms with van der Waals surface area (Å²) in [5.74, 6) is -0.451. The molecule has 1 atom stereocenters. The van der Waals surface area contributed by atoms with Gasteiger partial charge in [0.15, 0.2) is 9.84 Å². The van der Waals surface area contributed by atoms with Gasteiger partial charge in [-0.1, -0.05) is 18.2 Å². The summed E-state index contributed by atoms with van der Waals surface area (Å²) in [5.41, 5.74) is 1.52. The first-order valence-electron chi connectivity index (χ1n) is 7.64. The Hall–Kier alpha value is -2.23. The number of aryl methyl sites for hydroxylation is 1. The van der Waals surface area contributed by atoms with Gasteiger partial charge in [0.25, 0.3) is 5.91 Å². The minimum absolute atomic E-state index is 0.140. The summed E-state index contributed by atoms with van der Waals surface area (Å²) in [7, 11) is -7.20. The highest BCUT2D eigenvalue weighted by atomic mass is 32.2. The molecule has 0 unspecified atom stereocenters. The number of carbonyl (C=O) groups excluding carboxylic acids is 1. The second kappa shape index (κ2) is 7.18. The van der Waals surface area contributed by atoms with Gasteiger partial charge in [-0.2, -0.15) is 0 Å². The molecule has 0 aliphatic carbocycles. The molecule has 2 rings (SSSR count). The van der Waals surface area contributed by atoms with Crippen molar-refractivity contribution in [1.29, 1.82) is 0 Å². The SMILES string of the molecule is Cc1ccc(S(N)(=O)=O)cc1C(=O)N[C@H](C)c1ccc(S(C)(=O)=O)cc1. The second-order valence-electron chi connectivity index (χ2n) is 6.06. The third-order valence-electron chi connectivity index (χ3n) is 3.94. The predicted octanol–water partition coefficient (Wildman–Crippen LogP) is 1.54. The Kier molecular flexibility index (Phi) is 5.55. The van der Waals surface area contributed by atoms with E-state index in [1.54, 1.807) is 26.0 Å². The van der Waals surface area contributed by atoms with Crippen molar-refractivity contribution in [2.75, 3.05) is 6.26 Å². The summed E-state index contributed by atoms with van der Waals surface area (Å²) in [6.45, 7) is 3.43. The van der Waals surface area contributed by atoms with Crippen molar-refractivity contribution in [1.82, 2.24) is 5.32 Å². The molecule has 9 heteroatoms. The first kappa shape index (κ1) is 20.1. The number of hydrogen-bond donors (Lipinski definition) is 2. The number of carbonyl (C=O) groups is 1. The number of benzene rings is 2. The van der Waals surface area contributed by atoms with Gasteiger partial charge < -0.3 is 5.32 Å². The molecule has 3 N–H and O–H groups in total. The van der Waals surface area contributed by atoms with Gasteiger partial charge in [0, 0.05) is 11.8 Å². The molecule has 2 aromatic carbocycles. The maximum absolute atomic E-state index is 12.5. The highest BCUT2D eigenvalue weighted by Gasteiger charge is 2.17. The fourth-order valence-electron chi connectivity index (χ4n) is 2.38. The normalized spacial score (nSPS) is 13.2. The number of nitrogens with one attached hydrogen (secondary N) is 1. The standard InChI is InChI=1S/C17H20N2O5S2/c1-11-4-7-15(26(18,23)24)10-16(11)17(20)19-12(2)13-5-8-14(9-6-13)25(3,21)22/h4-10,12H,1-3H3,(H,19,20)(H2,18,23,24)/t12-/m1/s1. The summed E-state index contributed by atoms with van der Waals surface area (Å²) in [6.07, 6.45) is 1.12. The molecule has 0 radical (unpaired) electrons. The average Bonchev–Trinajstić information content (AvgIpc) is 2.53. The summed E-state index contributed by atoms with van der Waals surface area (Å²) in [4.78, 5) is 12.6. The molecule has 0 spiro atoms. The molecule has 0 bridgehead atoms. The first-order chi connectivity index (χ1) is 11.9. The van der Waals surface area contributed by atoms with E-state index in [0.29, 0.717) is 11.1 Å². The van der Waals surface area contributed by atoms with Gasteiger partial charge in [-0.25, -0.2) is 22.0 Å².